The number of furan rings is 1. The van der Waals surface area contributed by atoms with Crippen LogP contribution in [0.4, 0.5) is 11.4 Å². The van der Waals surface area contributed by atoms with Crippen LogP contribution in [0, 0.1) is 17.0 Å². The van der Waals surface area contributed by atoms with Crippen LogP contribution >= 0.6 is 11.8 Å². The minimum Gasteiger partial charge on any atom is -0.455 e. The number of carbonyl (C=O) groups excluding carboxylic acids is 1. The standard InChI is InChI=1S/C25H21N5O5S/c1-4-21(31)29-18-8-6-5-7-17(18)22-23(26-25(36-3)28-27-22)35-24(29)20-12-11-19(34-20)16-10-9-15(30(32)33)13-14(16)2/h5-13,24H,4H2,1-3H3. The lowest BCUT2D eigenvalue weighted by Crippen LogP contribution is -2.37. The van der Waals surface area contributed by atoms with E-state index in [2.05, 4.69) is 15.2 Å². The Hall–Kier alpha value is -4.25. The van der Waals surface area contributed by atoms with Gasteiger partial charge in [0.1, 0.15) is 5.76 Å². The van der Waals surface area contributed by atoms with Gasteiger partial charge >= 0.3 is 0 Å². The second-order valence-corrected chi connectivity index (χ2v) is 8.79. The molecule has 1 aliphatic heterocycles. The summed E-state index contributed by atoms with van der Waals surface area (Å²) in [7, 11) is 0. The lowest BCUT2D eigenvalue weighted by Gasteiger charge is -2.29. The van der Waals surface area contributed by atoms with Gasteiger partial charge in [0.15, 0.2) is 11.5 Å². The van der Waals surface area contributed by atoms with E-state index in [0.717, 1.165) is 0 Å². The van der Waals surface area contributed by atoms with Crippen LogP contribution in [0.1, 0.15) is 30.9 Å². The number of nitro groups is 1. The molecule has 0 aliphatic carbocycles. The average molecular weight is 504 g/mol. The number of nitro benzene ring substituents is 1. The Kier molecular flexibility index (Phi) is 6.15. The molecule has 1 aliphatic rings. The van der Waals surface area contributed by atoms with Gasteiger partial charge in [0.05, 0.1) is 10.6 Å². The van der Waals surface area contributed by atoms with Crippen molar-refractivity contribution in [1.82, 2.24) is 15.2 Å². The van der Waals surface area contributed by atoms with Gasteiger partial charge in [-0.3, -0.25) is 19.8 Å². The molecule has 1 unspecified atom stereocenters. The maximum Gasteiger partial charge on any atom is 0.269 e. The summed E-state index contributed by atoms with van der Waals surface area (Å²) in [5, 5.41) is 20.1. The highest BCUT2D eigenvalue weighted by molar-refractivity contribution is 7.98. The normalized spacial score (nSPS) is 14.4. The van der Waals surface area contributed by atoms with Crippen LogP contribution in [0.2, 0.25) is 0 Å². The molecule has 4 aromatic rings. The molecule has 2 aromatic heterocycles. The monoisotopic (exact) mass is 503 g/mol. The van der Waals surface area contributed by atoms with Gasteiger partial charge in [-0.25, -0.2) is 0 Å². The first-order valence-electron chi connectivity index (χ1n) is 11.1. The molecule has 0 saturated carbocycles. The third-order valence-corrected chi connectivity index (χ3v) is 6.36. The average Bonchev–Trinajstić information content (AvgIpc) is 3.32. The van der Waals surface area contributed by atoms with Crippen LogP contribution in [-0.2, 0) is 4.79 Å². The molecule has 10 nitrogen and oxygen atoms in total. The molecule has 3 heterocycles. The van der Waals surface area contributed by atoms with Crippen molar-refractivity contribution in [2.75, 3.05) is 11.2 Å². The van der Waals surface area contributed by atoms with Gasteiger partial charge in [0.2, 0.25) is 23.2 Å². The van der Waals surface area contributed by atoms with E-state index in [1.54, 1.807) is 36.9 Å². The van der Waals surface area contributed by atoms with Crippen LogP contribution in [-0.4, -0.2) is 32.3 Å². The summed E-state index contributed by atoms with van der Waals surface area (Å²) in [5.41, 5.74) is 3.08. The molecular weight excluding hydrogens is 482 g/mol. The fraction of sp³-hybridized carbons (Fsp3) is 0.200. The topological polar surface area (TPSA) is 124 Å². The molecule has 1 amide bonds. The number of para-hydroxylation sites is 1. The second-order valence-electron chi connectivity index (χ2n) is 8.02. The molecule has 0 fully saturated rings. The van der Waals surface area contributed by atoms with Crippen LogP contribution < -0.4 is 9.64 Å². The number of fused-ring (bicyclic) bond motifs is 3. The van der Waals surface area contributed by atoms with Crippen molar-refractivity contribution < 1.29 is 18.9 Å². The number of rotatable bonds is 5. The van der Waals surface area contributed by atoms with Crippen molar-refractivity contribution in [2.45, 2.75) is 31.7 Å². The predicted octanol–water partition coefficient (Wildman–Crippen LogP) is 5.57. The number of hydrogen-bond donors (Lipinski definition) is 0. The van der Waals surface area contributed by atoms with E-state index in [4.69, 9.17) is 9.15 Å². The lowest BCUT2D eigenvalue weighted by atomic mass is 10.1. The Balaban J connectivity index is 1.65. The van der Waals surface area contributed by atoms with Gasteiger partial charge in [-0.15, -0.1) is 10.2 Å². The third kappa shape index (κ3) is 4.07. The second kappa shape index (κ2) is 9.42. The largest absolute Gasteiger partial charge is 0.455 e. The molecule has 0 radical (unpaired) electrons. The lowest BCUT2D eigenvalue weighted by molar-refractivity contribution is -0.384. The van der Waals surface area contributed by atoms with Crippen molar-refractivity contribution in [1.29, 1.82) is 0 Å². The van der Waals surface area contributed by atoms with Crippen molar-refractivity contribution >= 4 is 29.0 Å². The Bertz CT molecular complexity index is 1490. The van der Waals surface area contributed by atoms with Gasteiger partial charge in [-0.1, -0.05) is 36.9 Å². The molecule has 11 heteroatoms. The summed E-state index contributed by atoms with van der Waals surface area (Å²) in [4.78, 5) is 30.0. The third-order valence-electron chi connectivity index (χ3n) is 5.82. The predicted molar refractivity (Wildman–Crippen MR) is 134 cm³/mol. The summed E-state index contributed by atoms with van der Waals surface area (Å²) in [6.07, 6.45) is 1.11. The SMILES string of the molecule is CCC(=O)N1c2ccccc2-c2nnc(SC)nc2OC1c1ccc(-c2ccc([N+](=O)[O-])cc2C)o1. The summed E-state index contributed by atoms with van der Waals surface area (Å²) in [5.74, 6) is 0.926. The summed E-state index contributed by atoms with van der Waals surface area (Å²) >= 11 is 1.33. The minimum atomic E-state index is -0.960. The van der Waals surface area contributed by atoms with E-state index in [-0.39, 0.29) is 23.9 Å². The number of anilines is 1. The first-order chi connectivity index (χ1) is 17.4. The molecule has 0 bridgehead atoms. The highest BCUT2D eigenvalue weighted by Gasteiger charge is 2.37. The molecule has 0 N–H and O–H groups in total. The van der Waals surface area contributed by atoms with Crippen molar-refractivity contribution in [3.8, 4) is 28.5 Å². The number of nitrogens with zero attached hydrogens (tertiary/aromatic N) is 5. The van der Waals surface area contributed by atoms with E-state index in [9.17, 15) is 14.9 Å². The number of hydrogen-bond acceptors (Lipinski definition) is 9. The number of aryl methyl sites for hydroxylation is 1. The number of non-ortho nitro benzene ring substituents is 1. The summed E-state index contributed by atoms with van der Waals surface area (Å²) < 4.78 is 12.5. The highest BCUT2D eigenvalue weighted by Crippen LogP contribution is 2.44. The fourth-order valence-corrected chi connectivity index (χ4v) is 4.39. The van der Waals surface area contributed by atoms with E-state index in [1.807, 2.05) is 30.5 Å². The zero-order valence-electron chi connectivity index (χ0n) is 19.7. The molecular formula is C25H21N5O5S. The van der Waals surface area contributed by atoms with Crippen molar-refractivity contribution in [3.05, 3.63) is 76.0 Å². The number of aromatic nitrogens is 3. The quantitative estimate of drug-likeness (QED) is 0.195. The van der Waals surface area contributed by atoms with Crippen LogP contribution in [0.5, 0.6) is 5.88 Å². The van der Waals surface area contributed by atoms with Crippen molar-refractivity contribution in [2.24, 2.45) is 0 Å². The van der Waals surface area contributed by atoms with Gasteiger partial charge in [0.25, 0.3) is 5.69 Å². The maximum absolute atomic E-state index is 13.3. The van der Waals surface area contributed by atoms with Gasteiger partial charge in [-0.2, -0.15) is 4.98 Å². The number of benzene rings is 2. The van der Waals surface area contributed by atoms with Crippen molar-refractivity contribution in [3.63, 3.8) is 0 Å². The molecule has 0 saturated heterocycles. The molecule has 5 rings (SSSR count). The van der Waals surface area contributed by atoms with Crippen LogP contribution in [0.3, 0.4) is 0 Å². The van der Waals surface area contributed by atoms with Crippen LogP contribution in [0.25, 0.3) is 22.6 Å². The summed E-state index contributed by atoms with van der Waals surface area (Å²) in [6.45, 7) is 3.55. The Morgan fingerprint density at radius 3 is 2.67 bits per heavy atom. The number of carbonyl (C=O) groups is 1. The number of thioether (sulfide) groups is 1. The van der Waals surface area contributed by atoms with E-state index < -0.39 is 11.2 Å². The van der Waals surface area contributed by atoms with Crippen LogP contribution in [0.15, 0.2) is 64.2 Å². The maximum atomic E-state index is 13.3. The van der Waals surface area contributed by atoms with E-state index >= 15 is 0 Å². The van der Waals surface area contributed by atoms with Gasteiger partial charge in [0, 0.05) is 29.7 Å². The molecule has 1 atom stereocenters. The Morgan fingerprint density at radius 2 is 1.94 bits per heavy atom. The Morgan fingerprint density at radius 1 is 1.14 bits per heavy atom. The fourth-order valence-electron chi connectivity index (χ4n) is 4.09. The molecule has 0 spiro atoms. The van der Waals surface area contributed by atoms with Gasteiger partial charge < -0.3 is 9.15 Å². The smallest absolute Gasteiger partial charge is 0.269 e. The zero-order chi connectivity index (χ0) is 25.4. The summed E-state index contributed by atoms with van der Waals surface area (Å²) in [6, 6.07) is 15.4. The van der Waals surface area contributed by atoms with Gasteiger partial charge in [-0.05, 0) is 43.0 Å². The van der Waals surface area contributed by atoms with E-state index in [1.165, 1.54) is 23.9 Å². The minimum absolute atomic E-state index is 0.000144. The Labute approximate surface area is 210 Å². The zero-order valence-corrected chi connectivity index (χ0v) is 20.5. The number of amides is 1. The molecule has 36 heavy (non-hydrogen) atoms. The first kappa shape index (κ1) is 23.5. The first-order valence-corrected chi connectivity index (χ1v) is 12.4. The molecule has 2 aromatic carbocycles. The highest BCUT2D eigenvalue weighted by atomic mass is 32.2. The molecule has 182 valence electrons. The number of ether oxygens (including phenoxy) is 1. The van der Waals surface area contributed by atoms with E-state index in [0.29, 0.717) is 44.7 Å².